The van der Waals surface area contributed by atoms with E-state index in [1.165, 1.54) is 6.26 Å². The number of hydrogen-bond donors (Lipinski definition) is 2. The lowest BCUT2D eigenvalue weighted by molar-refractivity contribution is 0.0997. The highest BCUT2D eigenvalue weighted by molar-refractivity contribution is 7.16. The van der Waals surface area contributed by atoms with Crippen molar-refractivity contribution in [2.45, 2.75) is 26.8 Å². The predicted octanol–water partition coefficient (Wildman–Crippen LogP) is 6.18. The molecule has 4 aromatic heterocycles. The van der Waals surface area contributed by atoms with Gasteiger partial charge in [0, 0.05) is 21.0 Å². The van der Waals surface area contributed by atoms with Crippen LogP contribution in [0.5, 0.6) is 0 Å². The van der Waals surface area contributed by atoms with Crippen LogP contribution < -0.4 is 10.6 Å². The Labute approximate surface area is 177 Å². The average Bonchev–Trinajstić information content (AvgIpc) is 3.44. The number of pyridine rings is 1. The molecule has 1 amide bonds. The number of anilines is 2. The molecule has 1 atom stereocenters. The zero-order valence-corrected chi connectivity index (χ0v) is 18.0. The zero-order chi connectivity index (χ0) is 20.4. The predicted molar refractivity (Wildman–Crippen MR) is 119 cm³/mol. The Morgan fingerprint density at radius 2 is 1.97 bits per heavy atom. The summed E-state index contributed by atoms with van der Waals surface area (Å²) in [4.78, 5) is 19.6. The molecular weight excluding hydrogens is 402 g/mol. The van der Waals surface area contributed by atoms with E-state index in [2.05, 4.69) is 40.9 Å². The number of carbonyl (C=O) groups excluding carboxylic acids is 1. The van der Waals surface area contributed by atoms with Crippen LogP contribution in [0.4, 0.5) is 10.8 Å². The monoisotopic (exact) mass is 423 g/mol. The van der Waals surface area contributed by atoms with Gasteiger partial charge in [-0.2, -0.15) is 0 Å². The van der Waals surface area contributed by atoms with Gasteiger partial charge in [0.25, 0.3) is 5.91 Å². The van der Waals surface area contributed by atoms with Crippen molar-refractivity contribution in [1.82, 2.24) is 4.98 Å². The largest absolute Gasteiger partial charge is 0.459 e. The van der Waals surface area contributed by atoms with Gasteiger partial charge in [0.2, 0.25) is 0 Å². The van der Waals surface area contributed by atoms with E-state index in [1.54, 1.807) is 34.8 Å². The van der Waals surface area contributed by atoms with E-state index in [4.69, 9.17) is 4.42 Å². The van der Waals surface area contributed by atoms with Crippen molar-refractivity contribution >= 4 is 39.4 Å². The van der Waals surface area contributed by atoms with E-state index >= 15 is 0 Å². The maximum absolute atomic E-state index is 12.6. The molecule has 0 fully saturated rings. The van der Waals surface area contributed by atoms with Gasteiger partial charge in [0.1, 0.15) is 10.8 Å². The molecule has 4 rings (SSSR count). The Morgan fingerprint density at radius 3 is 2.66 bits per heavy atom. The Morgan fingerprint density at radius 1 is 1.10 bits per heavy atom. The Kier molecular flexibility index (Phi) is 5.51. The minimum atomic E-state index is -0.254. The Balaban J connectivity index is 1.75. The molecule has 5 nitrogen and oxygen atoms in total. The third-order valence-corrected chi connectivity index (χ3v) is 6.78. The quantitative estimate of drug-likeness (QED) is 0.389. The summed E-state index contributed by atoms with van der Waals surface area (Å²) in [5.74, 6) is 0.840. The van der Waals surface area contributed by atoms with Crippen molar-refractivity contribution in [2.24, 2.45) is 0 Å². The number of hydrogen-bond acceptors (Lipinski definition) is 6. The first-order valence-electron chi connectivity index (χ1n) is 9.21. The number of thiophene rings is 2. The van der Waals surface area contributed by atoms with Crippen LogP contribution in [-0.2, 0) is 0 Å². The Bertz CT molecular complexity index is 1120. The number of aromatic nitrogens is 1. The van der Waals surface area contributed by atoms with Crippen molar-refractivity contribution < 1.29 is 9.21 Å². The molecule has 4 aromatic rings. The molecule has 0 aliphatic carbocycles. The Hall–Kier alpha value is -2.90. The molecule has 0 radical (unpaired) electrons. The number of furan rings is 1. The van der Waals surface area contributed by atoms with Crippen LogP contribution in [0.25, 0.3) is 0 Å². The number of aryl methyl sites for hydroxylation is 2. The first-order valence-corrected chi connectivity index (χ1v) is 10.9. The van der Waals surface area contributed by atoms with E-state index in [0.29, 0.717) is 5.76 Å². The zero-order valence-electron chi connectivity index (χ0n) is 16.4. The number of nitrogens with one attached hydrogen (secondary N) is 2. The summed E-state index contributed by atoms with van der Waals surface area (Å²) in [6.45, 7) is 6.14. The van der Waals surface area contributed by atoms with Crippen molar-refractivity contribution in [3.63, 3.8) is 0 Å². The molecular formula is C22H21N3O2S2. The molecule has 0 saturated carbocycles. The molecule has 1 unspecified atom stereocenters. The maximum Gasteiger partial charge on any atom is 0.291 e. The van der Waals surface area contributed by atoms with Crippen molar-refractivity contribution in [3.8, 4) is 0 Å². The van der Waals surface area contributed by atoms with Gasteiger partial charge in [0.05, 0.1) is 12.3 Å². The van der Waals surface area contributed by atoms with Gasteiger partial charge in [-0.15, -0.1) is 22.7 Å². The first-order chi connectivity index (χ1) is 14.0. The molecule has 29 heavy (non-hydrogen) atoms. The van der Waals surface area contributed by atoms with Gasteiger partial charge in [-0.1, -0.05) is 12.1 Å². The molecule has 148 valence electrons. The third kappa shape index (κ3) is 4.11. The molecule has 0 bridgehead atoms. The minimum Gasteiger partial charge on any atom is -0.459 e. The number of carbonyl (C=O) groups is 1. The van der Waals surface area contributed by atoms with Crippen LogP contribution in [0.1, 0.15) is 43.2 Å². The van der Waals surface area contributed by atoms with Gasteiger partial charge in [-0.05, 0) is 62.0 Å². The van der Waals surface area contributed by atoms with E-state index in [1.807, 2.05) is 31.2 Å². The van der Waals surface area contributed by atoms with E-state index in [-0.39, 0.29) is 11.9 Å². The third-order valence-electron chi connectivity index (χ3n) is 4.70. The second kappa shape index (κ2) is 8.23. The summed E-state index contributed by atoms with van der Waals surface area (Å²) < 4.78 is 5.25. The lowest BCUT2D eigenvalue weighted by Crippen LogP contribution is -2.17. The van der Waals surface area contributed by atoms with Gasteiger partial charge in [-0.25, -0.2) is 4.98 Å². The fraction of sp³-hybridized carbons (Fsp3) is 0.182. The van der Waals surface area contributed by atoms with Crippen LogP contribution >= 0.6 is 22.7 Å². The number of amides is 1. The highest BCUT2D eigenvalue weighted by Crippen LogP contribution is 2.42. The molecule has 0 aliphatic heterocycles. The number of nitrogens with zero attached hydrogens (tertiary/aromatic N) is 1. The SMILES string of the molecule is Cc1cccc(NC(c2cccs2)c2c(NC(=O)c3ccco3)sc(C)c2C)n1. The van der Waals surface area contributed by atoms with Gasteiger partial charge in [0.15, 0.2) is 5.76 Å². The summed E-state index contributed by atoms with van der Waals surface area (Å²) in [6.07, 6.45) is 1.50. The highest BCUT2D eigenvalue weighted by atomic mass is 32.1. The van der Waals surface area contributed by atoms with E-state index in [9.17, 15) is 4.79 Å². The molecule has 0 aliphatic rings. The summed E-state index contributed by atoms with van der Waals surface area (Å²) in [6, 6.07) is 13.3. The van der Waals surface area contributed by atoms with E-state index < -0.39 is 0 Å². The van der Waals surface area contributed by atoms with Crippen LogP contribution in [0.3, 0.4) is 0 Å². The van der Waals surface area contributed by atoms with Crippen molar-refractivity contribution in [2.75, 3.05) is 10.6 Å². The molecule has 0 saturated heterocycles. The number of rotatable bonds is 6. The van der Waals surface area contributed by atoms with Gasteiger partial charge >= 0.3 is 0 Å². The second-order valence-corrected chi connectivity index (χ2v) is 8.92. The fourth-order valence-corrected chi connectivity index (χ4v) is 5.05. The summed E-state index contributed by atoms with van der Waals surface area (Å²) >= 11 is 3.25. The van der Waals surface area contributed by atoms with E-state index in [0.717, 1.165) is 37.4 Å². The fourth-order valence-electron chi connectivity index (χ4n) is 3.17. The van der Waals surface area contributed by atoms with Crippen molar-refractivity contribution in [3.05, 3.63) is 86.4 Å². The summed E-state index contributed by atoms with van der Waals surface area (Å²) in [5.41, 5.74) is 3.16. The van der Waals surface area contributed by atoms with Crippen LogP contribution in [0.2, 0.25) is 0 Å². The standard InChI is InChI=1S/C22H21N3O2S2/c1-13-7-4-10-18(23-13)24-20(17-9-6-12-28-17)19-14(2)15(3)29-22(19)25-21(26)16-8-5-11-27-16/h4-12,20H,1-3H3,(H,23,24)(H,25,26). The highest BCUT2D eigenvalue weighted by Gasteiger charge is 2.26. The average molecular weight is 424 g/mol. The van der Waals surface area contributed by atoms with Gasteiger partial charge in [-0.3, -0.25) is 4.79 Å². The molecule has 0 aromatic carbocycles. The van der Waals surface area contributed by atoms with Gasteiger partial charge < -0.3 is 15.1 Å². The molecule has 4 heterocycles. The first kappa shape index (κ1) is 19.4. The molecule has 0 spiro atoms. The minimum absolute atomic E-state index is 0.124. The van der Waals surface area contributed by atoms with Crippen molar-refractivity contribution in [1.29, 1.82) is 0 Å². The lowest BCUT2D eigenvalue weighted by atomic mass is 10.0. The maximum atomic E-state index is 12.6. The topological polar surface area (TPSA) is 67.2 Å². The second-order valence-electron chi connectivity index (χ2n) is 6.71. The summed E-state index contributed by atoms with van der Waals surface area (Å²) in [5, 5.41) is 9.49. The van der Waals surface area contributed by atoms with Crippen LogP contribution in [0, 0.1) is 20.8 Å². The molecule has 7 heteroatoms. The normalized spacial score (nSPS) is 12.0. The molecule has 2 N–H and O–H groups in total. The van der Waals surface area contributed by atoms with Crippen LogP contribution in [0.15, 0.2) is 58.5 Å². The lowest BCUT2D eigenvalue weighted by Gasteiger charge is -2.21. The summed E-state index contributed by atoms with van der Waals surface area (Å²) in [7, 11) is 0. The smallest absolute Gasteiger partial charge is 0.291 e. The van der Waals surface area contributed by atoms with Crippen LogP contribution in [-0.4, -0.2) is 10.9 Å².